The maximum Gasteiger partial charge on any atom is 0.407 e. The van der Waals surface area contributed by atoms with Crippen molar-refractivity contribution in [3.05, 3.63) is 41.0 Å². The Morgan fingerprint density at radius 1 is 0.926 bits per heavy atom. The molecule has 0 aliphatic carbocycles. The van der Waals surface area contributed by atoms with Crippen LogP contribution in [0.3, 0.4) is 0 Å². The molecule has 0 saturated heterocycles. The smallest absolute Gasteiger partial charge is 0.307 e. The second-order valence-corrected chi connectivity index (χ2v) is 10.7. The van der Waals surface area contributed by atoms with E-state index in [1.807, 2.05) is 12.1 Å². The number of carbonyl (C=O) groups is 1. The van der Waals surface area contributed by atoms with Crippen LogP contribution in [0, 0.1) is 0 Å². The highest BCUT2D eigenvalue weighted by molar-refractivity contribution is 7.56. The molecular weight excluding hydrogens is 373 g/mol. The van der Waals surface area contributed by atoms with E-state index in [9.17, 15) is 18.1 Å². The average Bonchev–Trinajstić information content (AvgIpc) is 2.56. The largest absolute Gasteiger partial charge is 0.407 e. The average molecular weight is 402 g/mol. The highest BCUT2D eigenvalue weighted by Crippen LogP contribution is 2.61. The number of ketones is 1. The lowest BCUT2D eigenvalue weighted by atomic mass is 9.79. The normalized spacial score (nSPS) is 14.0. The lowest BCUT2D eigenvalue weighted by Crippen LogP contribution is -2.28. The Kier molecular flexibility index (Phi) is 6.96. The monoisotopic (exact) mass is 402 g/mol. The lowest BCUT2D eigenvalue weighted by molar-refractivity contribution is -0.130. The van der Waals surface area contributed by atoms with Gasteiger partial charge in [0.05, 0.1) is 0 Å². The molecule has 0 amide bonds. The van der Waals surface area contributed by atoms with Crippen molar-refractivity contribution in [1.29, 1.82) is 0 Å². The van der Waals surface area contributed by atoms with Crippen LogP contribution in [-0.4, -0.2) is 25.7 Å². The zero-order valence-corrected chi connectivity index (χ0v) is 18.1. The van der Waals surface area contributed by atoms with Crippen LogP contribution in [0.5, 0.6) is 0 Å². The number of rotatable bonds is 6. The standard InChI is InChI=1S/C20H29F2O4P/c1-18(2,3)15-11-14(12-16(13-15)19(4,5)6)9-10-17(23)20(21,22)27(24,25-7)26-8/h9-13H,1-8H3/b10-9+. The summed E-state index contributed by atoms with van der Waals surface area (Å²) in [7, 11) is -3.23. The zero-order chi connectivity index (χ0) is 21.3. The number of hydrogen-bond donors (Lipinski definition) is 0. The molecule has 0 bridgehead atoms. The Morgan fingerprint density at radius 3 is 1.67 bits per heavy atom. The van der Waals surface area contributed by atoms with Crippen LogP contribution < -0.4 is 0 Å². The number of benzene rings is 1. The van der Waals surface area contributed by atoms with Crippen molar-refractivity contribution in [2.45, 2.75) is 58.0 Å². The Balaban J connectivity index is 3.35. The van der Waals surface area contributed by atoms with E-state index in [4.69, 9.17) is 0 Å². The summed E-state index contributed by atoms with van der Waals surface area (Å²) in [6.45, 7) is 12.3. The third kappa shape index (κ3) is 5.34. The topological polar surface area (TPSA) is 52.6 Å². The minimum absolute atomic E-state index is 0.153. The first-order valence-corrected chi connectivity index (χ1v) is 10.1. The molecule has 0 unspecified atom stereocenters. The van der Waals surface area contributed by atoms with Gasteiger partial charge in [-0.1, -0.05) is 65.8 Å². The van der Waals surface area contributed by atoms with Crippen molar-refractivity contribution in [1.82, 2.24) is 0 Å². The molecule has 0 spiro atoms. The fraction of sp³-hybridized carbons (Fsp3) is 0.550. The van der Waals surface area contributed by atoms with E-state index in [1.165, 1.54) is 6.08 Å². The maximum atomic E-state index is 14.2. The quantitative estimate of drug-likeness (QED) is 0.436. The lowest BCUT2D eigenvalue weighted by Gasteiger charge is -2.26. The second kappa shape index (κ2) is 7.94. The minimum Gasteiger partial charge on any atom is -0.307 e. The van der Waals surface area contributed by atoms with Crippen LogP contribution >= 0.6 is 7.60 Å². The van der Waals surface area contributed by atoms with E-state index < -0.39 is 19.0 Å². The van der Waals surface area contributed by atoms with E-state index in [0.717, 1.165) is 31.4 Å². The van der Waals surface area contributed by atoms with Crippen LogP contribution in [0.25, 0.3) is 6.08 Å². The highest BCUT2D eigenvalue weighted by Gasteiger charge is 2.57. The number of alkyl halides is 2. The van der Waals surface area contributed by atoms with Crippen LogP contribution in [0.4, 0.5) is 8.78 Å². The predicted octanol–water partition coefficient (Wildman–Crippen LogP) is 5.94. The van der Waals surface area contributed by atoms with Gasteiger partial charge in [-0.25, -0.2) is 0 Å². The van der Waals surface area contributed by atoms with Gasteiger partial charge >= 0.3 is 13.3 Å². The van der Waals surface area contributed by atoms with Crippen molar-refractivity contribution in [2.24, 2.45) is 0 Å². The summed E-state index contributed by atoms with van der Waals surface area (Å²) in [5.41, 5.74) is -1.91. The third-order valence-corrected chi connectivity index (χ3v) is 6.11. The van der Waals surface area contributed by atoms with E-state index in [2.05, 4.69) is 56.7 Å². The van der Waals surface area contributed by atoms with Crippen molar-refractivity contribution in [3.63, 3.8) is 0 Å². The highest BCUT2D eigenvalue weighted by atomic mass is 31.2. The van der Waals surface area contributed by atoms with Gasteiger partial charge in [0.25, 0.3) is 0 Å². The summed E-state index contributed by atoms with van der Waals surface area (Å²) in [4.78, 5) is 12.0. The summed E-state index contributed by atoms with van der Waals surface area (Å²) in [5, 5.41) is 0. The molecule has 0 heterocycles. The van der Waals surface area contributed by atoms with Gasteiger partial charge in [-0.05, 0) is 33.6 Å². The van der Waals surface area contributed by atoms with Crippen molar-refractivity contribution in [2.75, 3.05) is 14.2 Å². The number of carbonyl (C=O) groups excluding carboxylic acids is 1. The molecule has 1 rings (SSSR count). The van der Waals surface area contributed by atoms with Gasteiger partial charge in [0.15, 0.2) is 0 Å². The van der Waals surface area contributed by atoms with Gasteiger partial charge in [-0.3, -0.25) is 9.36 Å². The van der Waals surface area contributed by atoms with Crippen LogP contribution in [-0.2, 0) is 29.2 Å². The first-order chi connectivity index (χ1) is 12.1. The molecule has 0 radical (unpaired) electrons. The summed E-state index contributed by atoms with van der Waals surface area (Å²) in [6.07, 6.45) is 2.02. The van der Waals surface area contributed by atoms with E-state index in [0.29, 0.717) is 5.56 Å². The number of halogens is 2. The predicted molar refractivity (Wildman–Crippen MR) is 104 cm³/mol. The summed E-state index contributed by atoms with van der Waals surface area (Å²) in [6, 6.07) is 5.78. The Morgan fingerprint density at radius 2 is 1.33 bits per heavy atom. The van der Waals surface area contributed by atoms with E-state index in [1.54, 1.807) is 0 Å². The van der Waals surface area contributed by atoms with Gasteiger partial charge in [0, 0.05) is 14.2 Å². The molecule has 0 aliphatic heterocycles. The minimum atomic E-state index is -4.87. The SMILES string of the molecule is COP(=O)(OC)C(F)(F)C(=O)/C=C/c1cc(C(C)(C)C)cc(C(C)(C)C)c1. The van der Waals surface area contributed by atoms with Gasteiger partial charge < -0.3 is 9.05 Å². The molecule has 27 heavy (non-hydrogen) atoms. The second-order valence-electron chi connectivity index (χ2n) is 8.45. The Labute approximate surface area is 160 Å². The Bertz CT molecular complexity index is 731. The fourth-order valence-electron chi connectivity index (χ4n) is 2.32. The molecule has 0 aromatic heterocycles. The van der Waals surface area contributed by atoms with E-state index in [-0.39, 0.29) is 10.8 Å². The summed E-state index contributed by atoms with van der Waals surface area (Å²) < 4.78 is 48.9. The van der Waals surface area contributed by atoms with Crippen LogP contribution in [0.1, 0.15) is 58.2 Å². The molecule has 0 aliphatic rings. The number of allylic oxidation sites excluding steroid dienone is 1. The fourth-order valence-corrected chi connectivity index (χ4v) is 3.28. The maximum absolute atomic E-state index is 14.2. The first-order valence-electron chi connectivity index (χ1n) is 8.56. The molecule has 1 aromatic rings. The number of hydrogen-bond acceptors (Lipinski definition) is 4. The van der Waals surface area contributed by atoms with Crippen molar-refractivity contribution < 1.29 is 27.2 Å². The molecule has 4 nitrogen and oxygen atoms in total. The van der Waals surface area contributed by atoms with E-state index >= 15 is 0 Å². The zero-order valence-electron chi connectivity index (χ0n) is 17.2. The van der Waals surface area contributed by atoms with Gasteiger partial charge in [0.2, 0.25) is 5.78 Å². The van der Waals surface area contributed by atoms with Crippen LogP contribution in [0.2, 0.25) is 0 Å². The molecule has 0 saturated carbocycles. The van der Waals surface area contributed by atoms with Gasteiger partial charge in [-0.2, -0.15) is 8.78 Å². The summed E-state index contributed by atoms with van der Waals surface area (Å²) in [5.74, 6) is -1.63. The van der Waals surface area contributed by atoms with Gasteiger partial charge in [0.1, 0.15) is 0 Å². The summed E-state index contributed by atoms with van der Waals surface area (Å²) >= 11 is 0. The third-order valence-electron chi connectivity index (χ3n) is 4.24. The molecule has 1 aromatic carbocycles. The molecule has 0 N–H and O–H groups in total. The van der Waals surface area contributed by atoms with Crippen molar-refractivity contribution >= 4 is 19.5 Å². The molecular formula is C20H29F2O4P. The Hall–Kier alpha value is -1.36. The van der Waals surface area contributed by atoms with Crippen LogP contribution in [0.15, 0.2) is 24.3 Å². The van der Waals surface area contributed by atoms with Crippen molar-refractivity contribution in [3.8, 4) is 0 Å². The molecule has 0 fully saturated rings. The first kappa shape index (κ1) is 23.7. The van der Waals surface area contributed by atoms with Gasteiger partial charge in [-0.15, -0.1) is 0 Å². The molecule has 7 heteroatoms. The molecule has 152 valence electrons. The molecule has 0 atom stereocenters.